The average Bonchev–Trinajstić information content (AvgIpc) is 2.70. The monoisotopic (exact) mass is 386 g/mol. The van der Waals surface area contributed by atoms with Crippen LogP contribution in [0.25, 0.3) is 16.3 Å². The van der Waals surface area contributed by atoms with Crippen LogP contribution in [-0.4, -0.2) is 15.0 Å². The first-order valence-corrected chi connectivity index (χ1v) is 10.2. The van der Waals surface area contributed by atoms with Gasteiger partial charge in [0, 0.05) is 0 Å². The van der Waals surface area contributed by atoms with E-state index >= 15 is 0 Å². The zero-order chi connectivity index (χ0) is 16.9. The molecule has 0 saturated heterocycles. The van der Waals surface area contributed by atoms with Crippen molar-refractivity contribution in [2.24, 2.45) is 0 Å². The second-order valence-electron chi connectivity index (χ2n) is 5.89. The van der Waals surface area contributed by atoms with Crippen molar-refractivity contribution in [3.63, 3.8) is 0 Å². The van der Waals surface area contributed by atoms with E-state index in [1.54, 1.807) is 0 Å². The summed E-state index contributed by atoms with van der Waals surface area (Å²) in [6, 6.07) is 36.7. The molecule has 0 aliphatic carbocycles. The fourth-order valence-corrected chi connectivity index (χ4v) is 4.67. The molecule has 0 saturated carbocycles. The van der Waals surface area contributed by atoms with E-state index in [2.05, 4.69) is 108 Å². The molecule has 0 amide bonds. The molecule has 0 bridgehead atoms. The molecule has 0 heterocycles. The molecule has 0 spiro atoms. The van der Waals surface area contributed by atoms with E-state index in [0.29, 0.717) is 15.0 Å². The molecule has 0 atom stereocenters. The van der Waals surface area contributed by atoms with Gasteiger partial charge in [0.1, 0.15) is 0 Å². The molecule has 0 aliphatic rings. The van der Waals surface area contributed by atoms with Gasteiger partial charge >= 0.3 is 155 Å². The van der Waals surface area contributed by atoms with Gasteiger partial charge in [-0.3, -0.25) is 0 Å². The quantitative estimate of drug-likeness (QED) is 0.421. The van der Waals surface area contributed by atoms with Gasteiger partial charge in [-0.05, 0) is 0 Å². The van der Waals surface area contributed by atoms with Crippen LogP contribution in [-0.2, 0) is 0 Å². The second-order valence-corrected chi connectivity index (χ2v) is 7.87. The van der Waals surface area contributed by atoms with Crippen LogP contribution in [0.2, 0.25) is 0 Å². The van der Waals surface area contributed by atoms with Gasteiger partial charge in [-0.1, -0.05) is 0 Å². The number of hydrogen-bond acceptors (Lipinski definition) is 0. The fraction of sp³-hybridized carbons (Fsp3) is 0. The third-order valence-electron chi connectivity index (χ3n) is 4.20. The molecule has 25 heavy (non-hydrogen) atoms. The van der Waals surface area contributed by atoms with E-state index in [9.17, 15) is 0 Å². The Kier molecular flexibility index (Phi) is 4.79. The third kappa shape index (κ3) is 3.74. The normalized spacial score (nSPS) is 11.6. The fourth-order valence-electron chi connectivity index (χ4n) is 2.90. The summed E-state index contributed by atoms with van der Waals surface area (Å²) >= 11 is 0.304. The topological polar surface area (TPSA) is 0 Å². The summed E-state index contributed by atoms with van der Waals surface area (Å²) in [5.41, 5.74) is 3.87. The van der Waals surface area contributed by atoms with Crippen LogP contribution in [0, 0.1) is 0 Å². The summed E-state index contributed by atoms with van der Waals surface area (Å²) in [5, 5.41) is 2.57. The van der Waals surface area contributed by atoms with Crippen LogP contribution in [0.15, 0.2) is 108 Å². The maximum atomic E-state index is 2.40. The van der Waals surface area contributed by atoms with Crippen molar-refractivity contribution < 1.29 is 0 Å². The molecular weight excluding hydrogens is 367 g/mol. The Balaban J connectivity index is 1.79. The average molecular weight is 385 g/mol. The van der Waals surface area contributed by atoms with Crippen LogP contribution in [0.1, 0.15) is 11.1 Å². The molecule has 0 nitrogen and oxygen atoms in total. The van der Waals surface area contributed by atoms with E-state index < -0.39 is 0 Å². The molecule has 0 unspecified atom stereocenters. The van der Waals surface area contributed by atoms with E-state index in [1.165, 1.54) is 31.9 Å². The van der Waals surface area contributed by atoms with Gasteiger partial charge < -0.3 is 0 Å². The summed E-state index contributed by atoms with van der Waals surface area (Å²) in [7, 11) is 0. The molecule has 4 rings (SSSR count). The van der Waals surface area contributed by atoms with Crippen LogP contribution in [0.5, 0.6) is 0 Å². The molecule has 0 aliphatic heterocycles. The molecule has 0 fully saturated rings. The summed E-state index contributed by atoms with van der Waals surface area (Å²) in [6.07, 6.45) is 0. The molecule has 120 valence electrons. The van der Waals surface area contributed by atoms with Crippen LogP contribution < -0.4 is 4.46 Å². The summed E-state index contributed by atoms with van der Waals surface area (Å²) in [4.78, 5) is 2.40. The Morgan fingerprint density at radius 1 is 0.560 bits per heavy atom. The first kappa shape index (κ1) is 15.9. The number of rotatable bonds is 4. The SMILES string of the molecule is C([Se]c1ccccc1)=C(c1ccccc1)c1ccc2ccccc2c1. The maximum absolute atomic E-state index is 2.40. The van der Waals surface area contributed by atoms with Gasteiger partial charge in [0.15, 0.2) is 0 Å². The third-order valence-corrected chi connectivity index (χ3v) is 6.09. The summed E-state index contributed by atoms with van der Waals surface area (Å²) in [5.74, 6) is 0. The predicted molar refractivity (Wildman–Crippen MR) is 109 cm³/mol. The van der Waals surface area contributed by atoms with Crippen molar-refractivity contribution in [3.05, 3.63) is 119 Å². The minimum atomic E-state index is 0.304. The van der Waals surface area contributed by atoms with Crippen molar-refractivity contribution in [2.45, 2.75) is 0 Å². The van der Waals surface area contributed by atoms with Crippen molar-refractivity contribution in [3.8, 4) is 0 Å². The first-order chi connectivity index (χ1) is 12.4. The Labute approximate surface area is 155 Å². The number of benzene rings is 4. The zero-order valence-corrected chi connectivity index (χ0v) is 15.5. The standard InChI is InChI=1S/C24H18Se/c1-3-10-20(11-4-1)24(18-25-23-13-5-2-6-14-23)22-16-15-19-9-7-8-12-21(19)17-22/h1-18H. The van der Waals surface area contributed by atoms with Gasteiger partial charge in [-0.25, -0.2) is 0 Å². The molecule has 4 aromatic rings. The number of fused-ring (bicyclic) bond motifs is 1. The summed E-state index contributed by atoms with van der Waals surface area (Å²) in [6.45, 7) is 0. The molecular formula is C24H18Se. The van der Waals surface area contributed by atoms with Gasteiger partial charge in [-0.2, -0.15) is 0 Å². The van der Waals surface area contributed by atoms with Crippen LogP contribution in [0.4, 0.5) is 0 Å². The number of hydrogen-bond donors (Lipinski definition) is 0. The van der Waals surface area contributed by atoms with Crippen molar-refractivity contribution in [1.82, 2.24) is 0 Å². The van der Waals surface area contributed by atoms with Crippen molar-refractivity contribution in [2.75, 3.05) is 0 Å². The molecule has 0 radical (unpaired) electrons. The Morgan fingerprint density at radius 2 is 1.20 bits per heavy atom. The second kappa shape index (κ2) is 7.53. The molecule has 0 N–H and O–H groups in total. The molecule has 1 heteroatoms. The Hall–Kier alpha value is -2.60. The van der Waals surface area contributed by atoms with Gasteiger partial charge in [0.25, 0.3) is 0 Å². The van der Waals surface area contributed by atoms with Crippen molar-refractivity contribution >= 4 is 35.8 Å². The Morgan fingerprint density at radius 3 is 1.96 bits per heavy atom. The van der Waals surface area contributed by atoms with Gasteiger partial charge in [-0.15, -0.1) is 0 Å². The van der Waals surface area contributed by atoms with E-state index in [4.69, 9.17) is 0 Å². The summed E-state index contributed by atoms with van der Waals surface area (Å²) < 4.78 is 1.39. The zero-order valence-electron chi connectivity index (χ0n) is 13.8. The van der Waals surface area contributed by atoms with Gasteiger partial charge in [0.05, 0.1) is 0 Å². The van der Waals surface area contributed by atoms with Crippen LogP contribution in [0.3, 0.4) is 0 Å². The van der Waals surface area contributed by atoms with Crippen LogP contribution >= 0.6 is 0 Å². The minimum absolute atomic E-state index is 0.304. The van der Waals surface area contributed by atoms with Crippen molar-refractivity contribution in [1.29, 1.82) is 0 Å². The van der Waals surface area contributed by atoms with E-state index in [0.717, 1.165) is 0 Å². The van der Waals surface area contributed by atoms with E-state index in [-0.39, 0.29) is 0 Å². The predicted octanol–water partition coefficient (Wildman–Crippen LogP) is 5.26. The first-order valence-electron chi connectivity index (χ1n) is 8.37. The molecule has 0 aromatic heterocycles. The Bertz CT molecular complexity index is 1000. The van der Waals surface area contributed by atoms with E-state index in [1.807, 2.05) is 0 Å². The molecule has 4 aromatic carbocycles. The van der Waals surface area contributed by atoms with Gasteiger partial charge in [0.2, 0.25) is 0 Å².